The van der Waals surface area contributed by atoms with E-state index in [0.29, 0.717) is 12.3 Å². The van der Waals surface area contributed by atoms with E-state index >= 15 is 0 Å². The summed E-state index contributed by atoms with van der Waals surface area (Å²) in [6, 6.07) is 0. The highest BCUT2D eigenvalue weighted by molar-refractivity contribution is 6.12. The predicted octanol–water partition coefficient (Wildman–Crippen LogP) is 0.738. The van der Waals surface area contributed by atoms with Gasteiger partial charge < -0.3 is 20.2 Å². The number of nitrogens with zero attached hydrogens (tertiary/aromatic N) is 2. The topological polar surface area (TPSA) is 108 Å². The molecule has 0 aromatic heterocycles. The van der Waals surface area contributed by atoms with Crippen molar-refractivity contribution in [2.45, 2.75) is 38.5 Å². The average molecular weight is 327 g/mol. The van der Waals surface area contributed by atoms with Gasteiger partial charge in [0.2, 0.25) is 11.8 Å². The van der Waals surface area contributed by atoms with Crippen LogP contribution in [-0.2, 0) is 19.1 Å². The van der Waals surface area contributed by atoms with Gasteiger partial charge in [-0.05, 0) is 18.8 Å². The Morgan fingerprint density at radius 2 is 1.96 bits per heavy atom. The molecule has 2 amide bonds. The second-order valence-electron chi connectivity index (χ2n) is 5.88. The molecule has 1 saturated carbocycles. The third-order valence-electron chi connectivity index (χ3n) is 3.86. The van der Waals surface area contributed by atoms with Gasteiger partial charge >= 0.3 is 5.97 Å². The summed E-state index contributed by atoms with van der Waals surface area (Å²) in [6.07, 6.45) is 6.76. The number of hydrogen-bond donors (Lipinski definition) is 2. The molecule has 0 aliphatic heterocycles. The van der Waals surface area contributed by atoms with Crippen molar-refractivity contribution in [1.29, 1.82) is 0 Å². The zero-order valence-corrected chi connectivity index (χ0v) is 13.7. The monoisotopic (exact) mass is 327 g/mol. The number of nitrogens with one attached hydrogen (secondary N) is 1. The highest BCUT2D eigenvalue weighted by Gasteiger charge is 2.27. The number of carbonyl (C=O) groups excluding carboxylic acids is 3. The minimum atomic E-state index is -1.26. The van der Waals surface area contributed by atoms with Gasteiger partial charge in [0.15, 0.2) is 12.6 Å². The van der Waals surface area contributed by atoms with Crippen LogP contribution >= 0.6 is 0 Å². The van der Waals surface area contributed by atoms with Gasteiger partial charge in [0.25, 0.3) is 0 Å². The molecule has 8 heteroatoms. The summed E-state index contributed by atoms with van der Waals surface area (Å²) in [5.41, 5.74) is 0. The van der Waals surface area contributed by atoms with Gasteiger partial charge in [-0.2, -0.15) is 0 Å². The third kappa shape index (κ3) is 6.66. The van der Waals surface area contributed by atoms with Crippen molar-refractivity contribution in [3.63, 3.8) is 0 Å². The molecule has 1 rings (SSSR count). The summed E-state index contributed by atoms with van der Waals surface area (Å²) < 4.78 is 4.98. The molecular weight excluding hydrogens is 302 g/mol. The van der Waals surface area contributed by atoms with Crippen molar-refractivity contribution >= 4 is 24.0 Å². The third-order valence-corrected chi connectivity index (χ3v) is 3.86. The Morgan fingerprint density at radius 1 is 1.30 bits per heavy atom. The summed E-state index contributed by atoms with van der Waals surface area (Å²) in [5, 5.41) is 13.6. The lowest BCUT2D eigenvalue weighted by Gasteiger charge is -2.20. The van der Waals surface area contributed by atoms with Crippen LogP contribution in [0.25, 0.3) is 0 Å². The first-order valence-electron chi connectivity index (χ1n) is 7.77. The number of ether oxygens (including phenoxy) is 1. The number of amides is 2. The van der Waals surface area contributed by atoms with Gasteiger partial charge in [0, 0.05) is 20.5 Å². The minimum absolute atomic E-state index is 0.305. The van der Waals surface area contributed by atoms with E-state index < -0.39 is 17.7 Å². The van der Waals surface area contributed by atoms with Gasteiger partial charge in [-0.3, -0.25) is 14.4 Å². The van der Waals surface area contributed by atoms with Crippen LogP contribution in [0.5, 0.6) is 0 Å². The first kappa shape index (κ1) is 18.9. The lowest BCUT2D eigenvalue weighted by Crippen LogP contribution is -2.42. The Hall–Kier alpha value is -2.12. The second-order valence-corrected chi connectivity index (χ2v) is 5.88. The molecule has 0 aromatic rings. The van der Waals surface area contributed by atoms with Crippen LogP contribution in [0.4, 0.5) is 0 Å². The van der Waals surface area contributed by atoms with Gasteiger partial charge in [0.1, 0.15) is 0 Å². The standard InChI is InChI=1S/C15H25N3O5/c1-18(2)15(21)12(9-17-22)14(20)16-10-23-13(19)8-11-6-4-3-5-7-11/h9,11-12,22H,3-8,10H2,1-2H3,(H,16,20)/b17-9+. The van der Waals surface area contributed by atoms with Crippen LogP contribution in [-0.4, -0.2) is 54.9 Å². The van der Waals surface area contributed by atoms with Crippen LogP contribution < -0.4 is 5.32 Å². The summed E-state index contributed by atoms with van der Waals surface area (Å²) in [7, 11) is 2.97. The van der Waals surface area contributed by atoms with Crippen molar-refractivity contribution < 1.29 is 24.3 Å². The van der Waals surface area contributed by atoms with Crippen molar-refractivity contribution in [1.82, 2.24) is 10.2 Å². The molecule has 1 atom stereocenters. The number of rotatable bonds is 7. The van der Waals surface area contributed by atoms with Crippen molar-refractivity contribution in [3.8, 4) is 0 Å². The highest BCUT2D eigenvalue weighted by atomic mass is 16.5. The van der Waals surface area contributed by atoms with Gasteiger partial charge in [-0.15, -0.1) is 5.16 Å². The SMILES string of the molecule is CN(C)C(=O)C(/C=N/O)C(=O)NCOC(=O)CC1CCCCC1. The maximum Gasteiger partial charge on any atom is 0.307 e. The number of esters is 1. The fourth-order valence-electron chi connectivity index (χ4n) is 2.57. The smallest absolute Gasteiger partial charge is 0.307 e. The summed E-state index contributed by atoms with van der Waals surface area (Å²) in [6.45, 7) is -0.305. The summed E-state index contributed by atoms with van der Waals surface area (Å²) >= 11 is 0. The molecule has 1 unspecified atom stereocenters. The zero-order chi connectivity index (χ0) is 17.2. The Morgan fingerprint density at radius 3 is 2.52 bits per heavy atom. The van der Waals surface area contributed by atoms with Gasteiger partial charge in [-0.25, -0.2) is 0 Å². The molecule has 0 radical (unpaired) electrons. The normalized spacial score (nSPS) is 16.8. The molecule has 0 aromatic carbocycles. The van der Waals surface area contributed by atoms with Crippen LogP contribution in [0.2, 0.25) is 0 Å². The maximum absolute atomic E-state index is 11.9. The van der Waals surface area contributed by atoms with Crippen LogP contribution in [0, 0.1) is 11.8 Å². The van der Waals surface area contributed by atoms with E-state index in [4.69, 9.17) is 9.94 Å². The molecule has 1 aliphatic rings. The molecular formula is C15H25N3O5. The first-order chi connectivity index (χ1) is 11.0. The number of hydrogen-bond acceptors (Lipinski definition) is 6. The summed E-state index contributed by atoms with van der Waals surface area (Å²) in [5.74, 6) is -2.48. The fourth-order valence-corrected chi connectivity index (χ4v) is 2.57. The maximum atomic E-state index is 11.9. The molecule has 0 spiro atoms. The Balaban J connectivity index is 2.35. The van der Waals surface area contributed by atoms with E-state index in [0.717, 1.165) is 31.9 Å². The Kier molecular flexibility index (Phi) is 8.07. The minimum Gasteiger partial charge on any atom is -0.444 e. The second kappa shape index (κ2) is 9.81. The van der Waals surface area contributed by atoms with E-state index in [-0.39, 0.29) is 12.7 Å². The predicted molar refractivity (Wildman–Crippen MR) is 82.8 cm³/mol. The van der Waals surface area contributed by atoms with E-state index in [9.17, 15) is 14.4 Å². The molecule has 8 nitrogen and oxygen atoms in total. The van der Waals surface area contributed by atoms with Crippen molar-refractivity contribution in [2.24, 2.45) is 17.0 Å². The highest BCUT2D eigenvalue weighted by Crippen LogP contribution is 2.26. The van der Waals surface area contributed by atoms with Crippen molar-refractivity contribution in [3.05, 3.63) is 0 Å². The molecule has 1 fully saturated rings. The molecule has 0 saturated heterocycles. The van der Waals surface area contributed by atoms with Gasteiger partial charge in [-0.1, -0.05) is 19.3 Å². The largest absolute Gasteiger partial charge is 0.444 e. The Bertz CT molecular complexity index is 444. The lowest BCUT2D eigenvalue weighted by molar-refractivity contribution is -0.147. The molecule has 0 heterocycles. The van der Waals surface area contributed by atoms with Crippen LogP contribution in [0.15, 0.2) is 5.16 Å². The molecule has 0 bridgehead atoms. The van der Waals surface area contributed by atoms with E-state index in [1.165, 1.54) is 25.4 Å². The van der Waals surface area contributed by atoms with E-state index in [1.54, 1.807) is 0 Å². The quantitative estimate of drug-likeness (QED) is 0.179. The van der Waals surface area contributed by atoms with E-state index in [2.05, 4.69) is 10.5 Å². The van der Waals surface area contributed by atoms with E-state index in [1.807, 2.05) is 0 Å². The lowest BCUT2D eigenvalue weighted by atomic mass is 9.87. The molecule has 130 valence electrons. The zero-order valence-electron chi connectivity index (χ0n) is 13.7. The molecule has 23 heavy (non-hydrogen) atoms. The first-order valence-corrected chi connectivity index (χ1v) is 7.77. The average Bonchev–Trinajstić information content (AvgIpc) is 2.52. The number of carbonyl (C=O) groups is 3. The molecule has 1 aliphatic carbocycles. The fraction of sp³-hybridized carbons (Fsp3) is 0.733. The van der Waals surface area contributed by atoms with Crippen molar-refractivity contribution in [2.75, 3.05) is 20.8 Å². The summed E-state index contributed by atoms with van der Waals surface area (Å²) in [4.78, 5) is 36.6. The van der Waals surface area contributed by atoms with Crippen LogP contribution in [0.3, 0.4) is 0 Å². The Labute approximate surface area is 135 Å². The van der Waals surface area contributed by atoms with Gasteiger partial charge in [0.05, 0.1) is 6.21 Å². The number of oxime groups is 1. The van der Waals surface area contributed by atoms with Crippen LogP contribution in [0.1, 0.15) is 38.5 Å². The molecule has 2 N–H and O–H groups in total.